The van der Waals surface area contributed by atoms with Crippen LogP contribution in [0.4, 0.5) is 0 Å². The van der Waals surface area contributed by atoms with Crippen molar-refractivity contribution in [3.05, 3.63) is 11.3 Å². The van der Waals surface area contributed by atoms with E-state index in [0.29, 0.717) is 6.42 Å². The average Bonchev–Trinajstić information content (AvgIpc) is 2.17. The molecule has 15 heavy (non-hydrogen) atoms. The summed E-state index contributed by atoms with van der Waals surface area (Å²) in [5.74, 6) is -0.929. The highest BCUT2D eigenvalue weighted by molar-refractivity contribution is 6.19. The van der Waals surface area contributed by atoms with Crippen LogP contribution in [0, 0.1) is 11.8 Å². The Kier molecular flexibility index (Phi) is 2.50. The van der Waals surface area contributed by atoms with Gasteiger partial charge in [-0.2, -0.15) is 0 Å². The molecule has 2 atom stereocenters. The number of rotatable bonds is 1. The second-order valence-electron chi connectivity index (χ2n) is 4.40. The van der Waals surface area contributed by atoms with Crippen LogP contribution in [0.2, 0.25) is 0 Å². The number of carbonyl (C=O) groups is 2. The summed E-state index contributed by atoms with van der Waals surface area (Å²) in [4.78, 5) is 22.6. The number of hydrogen-bond donors (Lipinski definition) is 2. The zero-order valence-corrected chi connectivity index (χ0v) is 8.53. The Morgan fingerprint density at radius 3 is 2.67 bits per heavy atom. The summed E-state index contributed by atoms with van der Waals surface area (Å²) in [7, 11) is 0. The van der Waals surface area contributed by atoms with Crippen molar-refractivity contribution in [2.45, 2.75) is 32.1 Å². The van der Waals surface area contributed by atoms with Crippen molar-refractivity contribution >= 4 is 11.7 Å². The van der Waals surface area contributed by atoms with Gasteiger partial charge < -0.3 is 10.8 Å². The third-order valence-electron chi connectivity index (χ3n) is 3.49. The van der Waals surface area contributed by atoms with Gasteiger partial charge in [-0.15, -0.1) is 0 Å². The standard InChI is InChI=1S/C11H15NO3/c12-11(15)9-8(13)5-6-3-1-2-4-7(6)10(9)14/h6-7,14H,1-5H2,(H2,12,15). The smallest absolute Gasteiger partial charge is 0.255 e. The molecule has 0 radical (unpaired) electrons. The van der Waals surface area contributed by atoms with Gasteiger partial charge in [0, 0.05) is 12.3 Å². The maximum Gasteiger partial charge on any atom is 0.255 e. The van der Waals surface area contributed by atoms with Crippen LogP contribution < -0.4 is 5.73 Å². The van der Waals surface area contributed by atoms with Gasteiger partial charge in [-0.3, -0.25) is 9.59 Å². The number of nitrogens with two attached hydrogens (primary N) is 1. The van der Waals surface area contributed by atoms with E-state index in [2.05, 4.69) is 0 Å². The summed E-state index contributed by atoms with van der Waals surface area (Å²) in [6, 6.07) is 0. The second kappa shape index (κ2) is 3.68. The first-order chi connectivity index (χ1) is 7.11. The average molecular weight is 209 g/mol. The van der Waals surface area contributed by atoms with Gasteiger partial charge in [0.2, 0.25) is 0 Å². The van der Waals surface area contributed by atoms with Gasteiger partial charge in [0.1, 0.15) is 11.3 Å². The maximum absolute atomic E-state index is 11.6. The molecule has 2 aliphatic carbocycles. The SMILES string of the molecule is NC(=O)C1=C(O)C2CCCCC2CC1=O. The van der Waals surface area contributed by atoms with Gasteiger partial charge in [-0.05, 0) is 18.8 Å². The Bertz CT molecular complexity index is 346. The molecule has 3 N–H and O–H groups in total. The molecule has 0 saturated heterocycles. The quantitative estimate of drug-likeness (QED) is 0.634. The number of carbonyl (C=O) groups excluding carboxylic acids is 2. The van der Waals surface area contributed by atoms with E-state index in [0.717, 1.165) is 25.7 Å². The Labute approximate surface area is 88.1 Å². The van der Waals surface area contributed by atoms with Gasteiger partial charge in [0.05, 0.1) is 0 Å². The van der Waals surface area contributed by atoms with Gasteiger partial charge in [-0.1, -0.05) is 12.8 Å². The highest BCUT2D eigenvalue weighted by atomic mass is 16.3. The van der Waals surface area contributed by atoms with Crippen molar-refractivity contribution in [1.82, 2.24) is 0 Å². The number of hydrogen-bond acceptors (Lipinski definition) is 3. The molecule has 0 aliphatic heterocycles. The molecule has 0 aromatic rings. The predicted molar refractivity (Wildman–Crippen MR) is 53.9 cm³/mol. The minimum absolute atomic E-state index is 0.0149. The van der Waals surface area contributed by atoms with E-state index in [1.807, 2.05) is 0 Å². The van der Waals surface area contributed by atoms with Crippen molar-refractivity contribution in [2.24, 2.45) is 17.6 Å². The lowest BCUT2D eigenvalue weighted by Gasteiger charge is -2.34. The van der Waals surface area contributed by atoms with Crippen molar-refractivity contribution in [2.75, 3.05) is 0 Å². The lowest BCUT2D eigenvalue weighted by molar-refractivity contribution is -0.123. The predicted octanol–water partition coefficient (Wildman–Crippen LogP) is 1.06. The normalized spacial score (nSPS) is 31.3. The molecule has 1 fully saturated rings. The van der Waals surface area contributed by atoms with E-state index in [4.69, 9.17) is 5.73 Å². The van der Waals surface area contributed by atoms with E-state index >= 15 is 0 Å². The number of fused-ring (bicyclic) bond motifs is 1. The van der Waals surface area contributed by atoms with E-state index in [1.165, 1.54) is 0 Å². The molecule has 2 unspecified atom stereocenters. The van der Waals surface area contributed by atoms with Gasteiger partial charge in [0.25, 0.3) is 5.91 Å². The summed E-state index contributed by atoms with van der Waals surface area (Å²) in [6.45, 7) is 0. The number of amides is 1. The summed E-state index contributed by atoms with van der Waals surface area (Å²) >= 11 is 0. The molecule has 0 aromatic carbocycles. The molecular weight excluding hydrogens is 194 g/mol. The Balaban J connectivity index is 2.36. The summed E-state index contributed by atoms with van der Waals surface area (Å²) in [6.07, 6.45) is 4.35. The Morgan fingerprint density at radius 2 is 2.00 bits per heavy atom. The van der Waals surface area contributed by atoms with Crippen LogP contribution in [0.1, 0.15) is 32.1 Å². The number of ketones is 1. The van der Waals surface area contributed by atoms with Crippen LogP contribution in [0.5, 0.6) is 0 Å². The van der Waals surface area contributed by atoms with E-state index in [-0.39, 0.29) is 29.0 Å². The Hall–Kier alpha value is -1.32. The van der Waals surface area contributed by atoms with Gasteiger partial charge >= 0.3 is 0 Å². The zero-order chi connectivity index (χ0) is 11.0. The highest BCUT2D eigenvalue weighted by Crippen LogP contribution is 2.41. The fourth-order valence-corrected chi connectivity index (χ4v) is 2.74. The second-order valence-corrected chi connectivity index (χ2v) is 4.40. The van der Waals surface area contributed by atoms with Gasteiger partial charge in [-0.25, -0.2) is 0 Å². The molecule has 0 bridgehead atoms. The van der Waals surface area contributed by atoms with Gasteiger partial charge in [0.15, 0.2) is 5.78 Å². The van der Waals surface area contributed by atoms with E-state index < -0.39 is 5.91 Å². The molecule has 0 heterocycles. The molecule has 82 valence electrons. The van der Waals surface area contributed by atoms with Crippen LogP contribution in [0.25, 0.3) is 0 Å². The van der Waals surface area contributed by atoms with Crippen LogP contribution in [-0.4, -0.2) is 16.8 Å². The highest BCUT2D eigenvalue weighted by Gasteiger charge is 2.39. The van der Waals surface area contributed by atoms with Crippen molar-refractivity contribution in [1.29, 1.82) is 0 Å². The van der Waals surface area contributed by atoms with Crippen LogP contribution >= 0.6 is 0 Å². The first-order valence-electron chi connectivity index (χ1n) is 5.37. The molecule has 0 aromatic heterocycles. The first kappa shape index (κ1) is 10.2. The molecule has 0 spiro atoms. The fourth-order valence-electron chi connectivity index (χ4n) is 2.74. The van der Waals surface area contributed by atoms with Crippen molar-refractivity contribution in [3.8, 4) is 0 Å². The molecule has 4 heteroatoms. The molecule has 1 amide bonds. The topological polar surface area (TPSA) is 80.4 Å². The monoisotopic (exact) mass is 209 g/mol. The third-order valence-corrected chi connectivity index (χ3v) is 3.49. The van der Waals surface area contributed by atoms with E-state index in [1.54, 1.807) is 0 Å². The molecule has 4 nitrogen and oxygen atoms in total. The zero-order valence-electron chi connectivity index (χ0n) is 8.53. The number of aliphatic hydroxyl groups excluding tert-OH is 1. The molecular formula is C11H15NO3. The number of primary amides is 1. The van der Waals surface area contributed by atoms with Crippen molar-refractivity contribution in [3.63, 3.8) is 0 Å². The van der Waals surface area contributed by atoms with Crippen LogP contribution in [-0.2, 0) is 9.59 Å². The third kappa shape index (κ3) is 1.64. The summed E-state index contributed by atoms with van der Waals surface area (Å²) in [5.41, 5.74) is 4.94. The lowest BCUT2D eigenvalue weighted by atomic mass is 9.70. The summed E-state index contributed by atoms with van der Waals surface area (Å²) < 4.78 is 0. The number of allylic oxidation sites excluding steroid dienone is 1. The molecule has 2 rings (SSSR count). The number of aliphatic hydroxyl groups is 1. The minimum atomic E-state index is -0.790. The fraction of sp³-hybridized carbons (Fsp3) is 0.636. The van der Waals surface area contributed by atoms with Crippen LogP contribution in [0.15, 0.2) is 11.3 Å². The molecule has 2 aliphatic rings. The lowest BCUT2D eigenvalue weighted by Crippen LogP contribution is -2.35. The molecule has 1 saturated carbocycles. The Morgan fingerprint density at radius 1 is 1.33 bits per heavy atom. The summed E-state index contributed by atoms with van der Waals surface area (Å²) in [5, 5.41) is 9.86. The minimum Gasteiger partial charge on any atom is -0.511 e. The number of Topliss-reactive ketones (excluding diaryl/α,β-unsaturated/α-hetero) is 1. The largest absolute Gasteiger partial charge is 0.511 e. The van der Waals surface area contributed by atoms with Crippen molar-refractivity contribution < 1.29 is 14.7 Å². The maximum atomic E-state index is 11.6. The first-order valence-corrected chi connectivity index (χ1v) is 5.37. The van der Waals surface area contributed by atoms with Crippen LogP contribution in [0.3, 0.4) is 0 Å². The van der Waals surface area contributed by atoms with E-state index in [9.17, 15) is 14.7 Å².